The first-order chi connectivity index (χ1) is 9.19. The van der Waals surface area contributed by atoms with Crippen molar-refractivity contribution in [2.24, 2.45) is 17.8 Å². The van der Waals surface area contributed by atoms with Crippen LogP contribution < -0.4 is 0 Å². The number of rotatable bonds is 5. The van der Waals surface area contributed by atoms with Crippen molar-refractivity contribution in [1.29, 1.82) is 0 Å². The molecule has 2 aliphatic carbocycles. The van der Waals surface area contributed by atoms with Crippen molar-refractivity contribution in [1.82, 2.24) is 0 Å². The van der Waals surface area contributed by atoms with Crippen molar-refractivity contribution < 1.29 is 14.6 Å². The molecule has 0 radical (unpaired) electrons. The zero-order valence-electron chi connectivity index (χ0n) is 12.1. The van der Waals surface area contributed by atoms with Crippen LogP contribution in [0.4, 0.5) is 0 Å². The number of methoxy groups -OCH3 is 1. The Hall–Kier alpha value is -0.570. The van der Waals surface area contributed by atoms with Gasteiger partial charge in [0.05, 0.1) is 12.0 Å². The van der Waals surface area contributed by atoms with E-state index in [9.17, 15) is 4.79 Å². The molecule has 110 valence electrons. The number of carbonyl (C=O) groups is 1. The van der Waals surface area contributed by atoms with Crippen LogP contribution in [0.5, 0.6) is 0 Å². The van der Waals surface area contributed by atoms with Crippen LogP contribution in [0.2, 0.25) is 0 Å². The molecule has 0 unspecified atom stereocenters. The third-order valence-electron chi connectivity index (χ3n) is 5.31. The summed E-state index contributed by atoms with van der Waals surface area (Å²) in [5.41, 5.74) is 0. The molecule has 2 aliphatic rings. The van der Waals surface area contributed by atoms with E-state index < -0.39 is 5.97 Å². The fourth-order valence-corrected chi connectivity index (χ4v) is 3.83. The highest BCUT2D eigenvalue weighted by Gasteiger charge is 2.27. The lowest BCUT2D eigenvalue weighted by atomic mass is 9.77. The molecule has 2 saturated carbocycles. The number of hydrogen-bond donors (Lipinski definition) is 1. The number of hydrogen-bond acceptors (Lipinski definition) is 2. The molecule has 0 saturated heterocycles. The van der Waals surface area contributed by atoms with Gasteiger partial charge in [-0.2, -0.15) is 0 Å². The van der Waals surface area contributed by atoms with Crippen LogP contribution >= 0.6 is 0 Å². The minimum Gasteiger partial charge on any atom is -0.481 e. The Morgan fingerprint density at radius 2 is 1.42 bits per heavy atom. The zero-order valence-corrected chi connectivity index (χ0v) is 12.1. The second kappa shape index (κ2) is 7.28. The summed E-state index contributed by atoms with van der Waals surface area (Å²) in [6.07, 6.45) is 12.3. The largest absolute Gasteiger partial charge is 0.481 e. The lowest BCUT2D eigenvalue weighted by molar-refractivity contribution is -0.143. The van der Waals surface area contributed by atoms with Gasteiger partial charge in [0.2, 0.25) is 0 Å². The van der Waals surface area contributed by atoms with E-state index >= 15 is 0 Å². The predicted molar refractivity (Wildman–Crippen MR) is 75.1 cm³/mol. The molecular weight excluding hydrogens is 240 g/mol. The number of carboxylic acid groups (broad SMARTS) is 1. The van der Waals surface area contributed by atoms with E-state index in [-0.39, 0.29) is 5.92 Å². The molecule has 0 aromatic rings. The van der Waals surface area contributed by atoms with Gasteiger partial charge in [-0.1, -0.05) is 12.8 Å². The van der Waals surface area contributed by atoms with Gasteiger partial charge in [-0.15, -0.1) is 0 Å². The van der Waals surface area contributed by atoms with E-state index in [1.807, 2.05) is 7.11 Å². The monoisotopic (exact) mass is 268 g/mol. The van der Waals surface area contributed by atoms with Gasteiger partial charge in [0.25, 0.3) is 0 Å². The smallest absolute Gasteiger partial charge is 0.306 e. The molecule has 0 bridgehead atoms. The van der Waals surface area contributed by atoms with Gasteiger partial charge in [0, 0.05) is 7.11 Å². The van der Waals surface area contributed by atoms with Crippen molar-refractivity contribution in [3.63, 3.8) is 0 Å². The maximum atomic E-state index is 10.9. The summed E-state index contributed by atoms with van der Waals surface area (Å²) < 4.78 is 5.41. The van der Waals surface area contributed by atoms with Gasteiger partial charge in [-0.25, -0.2) is 0 Å². The Balaban J connectivity index is 1.61. The highest BCUT2D eigenvalue weighted by Crippen LogP contribution is 2.35. The van der Waals surface area contributed by atoms with Gasteiger partial charge < -0.3 is 9.84 Å². The van der Waals surface area contributed by atoms with Crippen molar-refractivity contribution in [2.45, 2.75) is 70.3 Å². The van der Waals surface area contributed by atoms with Crippen molar-refractivity contribution >= 4 is 5.97 Å². The molecule has 1 N–H and O–H groups in total. The van der Waals surface area contributed by atoms with Crippen LogP contribution in [0, 0.1) is 17.8 Å². The Kier molecular flexibility index (Phi) is 5.68. The second-order valence-electron chi connectivity index (χ2n) is 6.51. The summed E-state index contributed by atoms with van der Waals surface area (Å²) in [5.74, 6) is 1.03. The summed E-state index contributed by atoms with van der Waals surface area (Å²) in [5, 5.41) is 8.99. The van der Waals surface area contributed by atoms with E-state index in [1.54, 1.807) is 0 Å². The van der Waals surface area contributed by atoms with E-state index in [4.69, 9.17) is 9.84 Å². The fourth-order valence-electron chi connectivity index (χ4n) is 3.83. The maximum Gasteiger partial charge on any atom is 0.306 e. The highest BCUT2D eigenvalue weighted by molar-refractivity contribution is 5.69. The summed E-state index contributed by atoms with van der Waals surface area (Å²) >= 11 is 0. The quantitative estimate of drug-likeness (QED) is 0.823. The average Bonchev–Trinajstić information content (AvgIpc) is 2.46. The van der Waals surface area contributed by atoms with Crippen LogP contribution in [0.1, 0.15) is 64.2 Å². The molecule has 2 fully saturated rings. The normalized spacial score (nSPS) is 36.1. The van der Waals surface area contributed by atoms with E-state index in [1.165, 1.54) is 38.5 Å². The fraction of sp³-hybridized carbons (Fsp3) is 0.938. The topological polar surface area (TPSA) is 46.5 Å². The van der Waals surface area contributed by atoms with E-state index in [0.29, 0.717) is 6.10 Å². The minimum atomic E-state index is -0.587. The average molecular weight is 268 g/mol. The lowest BCUT2D eigenvalue weighted by Gasteiger charge is -2.30. The molecule has 0 aliphatic heterocycles. The van der Waals surface area contributed by atoms with Crippen LogP contribution in [0.25, 0.3) is 0 Å². The number of ether oxygens (including phenoxy) is 1. The van der Waals surface area contributed by atoms with Crippen LogP contribution in [-0.4, -0.2) is 24.3 Å². The highest BCUT2D eigenvalue weighted by atomic mass is 16.5. The number of carboxylic acids is 1. The summed E-state index contributed by atoms with van der Waals surface area (Å²) in [6, 6.07) is 0. The summed E-state index contributed by atoms with van der Waals surface area (Å²) in [7, 11) is 1.83. The van der Waals surface area contributed by atoms with Crippen molar-refractivity contribution in [2.75, 3.05) is 7.11 Å². The van der Waals surface area contributed by atoms with Crippen molar-refractivity contribution in [3.8, 4) is 0 Å². The third kappa shape index (κ3) is 4.48. The predicted octanol–water partition coefficient (Wildman–Crippen LogP) is 3.86. The standard InChI is InChI=1S/C16H28O3/c1-19-15-10-6-13(7-11-15)3-2-12-4-8-14(9-5-12)16(17)18/h12-15H,2-11H2,1H3,(H,17,18). The lowest BCUT2D eigenvalue weighted by Crippen LogP contribution is -2.23. The van der Waals surface area contributed by atoms with Gasteiger partial charge >= 0.3 is 5.97 Å². The molecule has 0 aromatic heterocycles. The zero-order chi connectivity index (χ0) is 13.7. The molecule has 0 amide bonds. The minimum absolute atomic E-state index is 0.0617. The maximum absolute atomic E-state index is 10.9. The molecule has 0 spiro atoms. The first kappa shape index (κ1) is 14.8. The van der Waals surface area contributed by atoms with Crippen LogP contribution in [0.3, 0.4) is 0 Å². The van der Waals surface area contributed by atoms with Gasteiger partial charge in [-0.05, 0) is 63.2 Å². The SMILES string of the molecule is COC1CCC(CCC2CCC(C(=O)O)CC2)CC1. The van der Waals surface area contributed by atoms with Gasteiger partial charge in [0.15, 0.2) is 0 Å². The first-order valence-corrected chi connectivity index (χ1v) is 7.94. The molecular formula is C16H28O3. The summed E-state index contributed by atoms with van der Waals surface area (Å²) in [4.78, 5) is 10.9. The van der Waals surface area contributed by atoms with Crippen LogP contribution in [-0.2, 0) is 9.53 Å². The number of aliphatic carboxylic acids is 1. The molecule has 19 heavy (non-hydrogen) atoms. The van der Waals surface area contributed by atoms with Crippen LogP contribution in [0.15, 0.2) is 0 Å². The molecule has 0 aromatic carbocycles. The Labute approximate surface area is 116 Å². The summed E-state index contributed by atoms with van der Waals surface area (Å²) in [6.45, 7) is 0. The van der Waals surface area contributed by atoms with E-state index in [2.05, 4.69) is 0 Å². The molecule has 3 heteroatoms. The van der Waals surface area contributed by atoms with E-state index in [0.717, 1.165) is 37.5 Å². The second-order valence-corrected chi connectivity index (χ2v) is 6.51. The Morgan fingerprint density at radius 1 is 0.947 bits per heavy atom. The van der Waals surface area contributed by atoms with Gasteiger partial charge in [0.1, 0.15) is 0 Å². The molecule has 2 rings (SSSR count). The third-order valence-corrected chi connectivity index (χ3v) is 5.31. The molecule has 0 heterocycles. The van der Waals surface area contributed by atoms with Gasteiger partial charge in [-0.3, -0.25) is 4.79 Å². The Morgan fingerprint density at radius 3 is 1.84 bits per heavy atom. The Bertz CT molecular complexity index is 274. The first-order valence-electron chi connectivity index (χ1n) is 7.94. The van der Waals surface area contributed by atoms with Crippen molar-refractivity contribution in [3.05, 3.63) is 0 Å². The molecule has 0 atom stereocenters. The molecule has 3 nitrogen and oxygen atoms in total.